The summed E-state index contributed by atoms with van der Waals surface area (Å²) >= 11 is 0. The van der Waals surface area contributed by atoms with Gasteiger partial charge in [-0.15, -0.1) is 0 Å². The van der Waals surface area contributed by atoms with Crippen LogP contribution in [-0.4, -0.2) is 11.4 Å². The Kier molecular flexibility index (Phi) is 9.78. The van der Waals surface area contributed by atoms with Gasteiger partial charge in [0.25, 0.3) is 0 Å². The Morgan fingerprint density at radius 2 is 1.48 bits per heavy atom. The molecule has 2 nitrogen and oxygen atoms in total. The van der Waals surface area contributed by atoms with Crippen molar-refractivity contribution in [1.82, 2.24) is 0 Å². The van der Waals surface area contributed by atoms with Gasteiger partial charge in [-0.1, -0.05) is 77.6 Å². The second-order valence-electron chi connectivity index (χ2n) is 7.24. The minimum absolute atomic E-state index is 0.140. The van der Waals surface area contributed by atoms with Crippen LogP contribution in [0.4, 0.5) is 0 Å². The number of hydrogen-bond donors (Lipinski definition) is 1. The summed E-state index contributed by atoms with van der Waals surface area (Å²) in [5.41, 5.74) is 6.12. The normalized spacial score (nSPS) is 22.9. The zero-order chi connectivity index (χ0) is 15.4. The molecule has 0 aromatic heterocycles. The summed E-state index contributed by atoms with van der Waals surface area (Å²) in [4.78, 5) is 4.78. The van der Waals surface area contributed by atoms with Crippen molar-refractivity contribution in [3.05, 3.63) is 0 Å². The quantitative estimate of drug-likeness (QED) is 0.467. The predicted octanol–water partition coefficient (Wildman–Crippen LogP) is 5.99. The molecule has 0 aromatic rings. The van der Waals surface area contributed by atoms with Gasteiger partial charge in [0.05, 0.1) is 11.4 Å². The Morgan fingerprint density at radius 3 is 2.10 bits per heavy atom. The zero-order valence-corrected chi connectivity index (χ0v) is 14.6. The standard InChI is InChI=1S/C19H38N2/c1-3-4-5-6-7-8-9-10-11-13-16-19(2)17-14-12-15-18(20)21-19/h3-17H2,1-2H3,(H2,20,21). The van der Waals surface area contributed by atoms with Crippen molar-refractivity contribution >= 4 is 5.84 Å². The maximum atomic E-state index is 5.98. The van der Waals surface area contributed by atoms with Crippen LogP contribution in [0.5, 0.6) is 0 Å². The minimum atomic E-state index is 0.140. The van der Waals surface area contributed by atoms with Gasteiger partial charge in [0.1, 0.15) is 0 Å². The lowest BCUT2D eigenvalue weighted by Gasteiger charge is -2.24. The van der Waals surface area contributed by atoms with Crippen LogP contribution in [-0.2, 0) is 0 Å². The number of nitrogens with zero attached hydrogens (tertiary/aromatic N) is 1. The molecule has 1 rings (SSSR count). The first-order valence-electron chi connectivity index (χ1n) is 9.50. The minimum Gasteiger partial charge on any atom is -0.387 e. The molecular formula is C19H38N2. The lowest BCUT2D eigenvalue weighted by molar-refractivity contribution is 0.378. The summed E-state index contributed by atoms with van der Waals surface area (Å²) in [7, 11) is 0. The number of nitrogens with two attached hydrogens (primary N) is 1. The summed E-state index contributed by atoms with van der Waals surface area (Å²) in [6.45, 7) is 4.59. The Bertz CT molecular complexity index is 285. The second-order valence-corrected chi connectivity index (χ2v) is 7.24. The van der Waals surface area contributed by atoms with E-state index in [9.17, 15) is 0 Å². The molecular weight excluding hydrogens is 256 g/mol. The second kappa shape index (κ2) is 11.1. The molecule has 1 atom stereocenters. The highest BCUT2D eigenvalue weighted by molar-refractivity contribution is 5.80. The number of unbranched alkanes of at least 4 members (excludes halogenated alkanes) is 9. The average molecular weight is 295 g/mol. The highest BCUT2D eigenvalue weighted by Crippen LogP contribution is 2.29. The van der Waals surface area contributed by atoms with E-state index in [0.717, 1.165) is 12.3 Å². The van der Waals surface area contributed by atoms with E-state index in [1.165, 1.54) is 89.9 Å². The molecule has 0 amide bonds. The maximum Gasteiger partial charge on any atom is 0.0943 e. The summed E-state index contributed by atoms with van der Waals surface area (Å²) < 4.78 is 0. The molecule has 0 spiro atoms. The van der Waals surface area contributed by atoms with E-state index < -0.39 is 0 Å². The lowest BCUT2D eigenvalue weighted by atomic mass is 9.90. The first-order chi connectivity index (χ1) is 10.2. The fourth-order valence-corrected chi connectivity index (χ4v) is 3.44. The van der Waals surface area contributed by atoms with Crippen LogP contribution in [0.3, 0.4) is 0 Å². The zero-order valence-electron chi connectivity index (χ0n) is 14.6. The third-order valence-electron chi connectivity index (χ3n) is 4.88. The first kappa shape index (κ1) is 18.5. The summed E-state index contributed by atoms with van der Waals surface area (Å²) in [5.74, 6) is 0.891. The molecule has 0 aromatic carbocycles. The van der Waals surface area contributed by atoms with Crippen LogP contribution in [0, 0.1) is 0 Å². The molecule has 1 aliphatic heterocycles. The number of aliphatic imine (C=N–C) groups is 1. The van der Waals surface area contributed by atoms with E-state index in [1.54, 1.807) is 0 Å². The lowest BCUT2D eigenvalue weighted by Crippen LogP contribution is -2.24. The molecule has 0 fully saturated rings. The SMILES string of the molecule is CCCCCCCCCCCCC1(C)CCCCC(N)=N1. The van der Waals surface area contributed by atoms with Crippen LogP contribution in [0.15, 0.2) is 4.99 Å². The van der Waals surface area contributed by atoms with Crippen LogP contribution in [0.1, 0.15) is 110 Å². The molecule has 1 aliphatic rings. The van der Waals surface area contributed by atoms with Crippen molar-refractivity contribution < 1.29 is 0 Å². The third kappa shape index (κ3) is 9.16. The van der Waals surface area contributed by atoms with E-state index in [0.29, 0.717) is 0 Å². The molecule has 1 heterocycles. The Labute approximate surface area is 133 Å². The van der Waals surface area contributed by atoms with Gasteiger partial charge in [-0.25, -0.2) is 0 Å². The molecule has 0 saturated carbocycles. The Morgan fingerprint density at radius 1 is 0.905 bits per heavy atom. The number of rotatable bonds is 11. The van der Waals surface area contributed by atoms with Crippen molar-refractivity contribution in [2.45, 2.75) is 116 Å². The van der Waals surface area contributed by atoms with Gasteiger partial charge in [-0.2, -0.15) is 0 Å². The van der Waals surface area contributed by atoms with Crippen LogP contribution < -0.4 is 5.73 Å². The Balaban J connectivity index is 1.99. The molecule has 0 aliphatic carbocycles. The smallest absolute Gasteiger partial charge is 0.0943 e. The summed E-state index contributed by atoms with van der Waals surface area (Å²) in [5, 5.41) is 0. The molecule has 2 heteroatoms. The highest BCUT2D eigenvalue weighted by Gasteiger charge is 2.24. The van der Waals surface area contributed by atoms with Gasteiger partial charge in [-0.3, -0.25) is 4.99 Å². The molecule has 0 radical (unpaired) electrons. The van der Waals surface area contributed by atoms with Gasteiger partial charge < -0.3 is 5.73 Å². The van der Waals surface area contributed by atoms with Crippen molar-refractivity contribution in [2.24, 2.45) is 10.7 Å². The molecule has 21 heavy (non-hydrogen) atoms. The van der Waals surface area contributed by atoms with Gasteiger partial charge in [-0.05, 0) is 26.2 Å². The van der Waals surface area contributed by atoms with E-state index in [4.69, 9.17) is 10.7 Å². The van der Waals surface area contributed by atoms with Gasteiger partial charge in [0, 0.05) is 6.42 Å². The van der Waals surface area contributed by atoms with Gasteiger partial charge in [0.2, 0.25) is 0 Å². The maximum absolute atomic E-state index is 5.98. The van der Waals surface area contributed by atoms with Crippen molar-refractivity contribution in [1.29, 1.82) is 0 Å². The van der Waals surface area contributed by atoms with E-state index >= 15 is 0 Å². The van der Waals surface area contributed by atoms with Crippen LogP contribution in [0.2, 0.25) is 0 Å². The van der Waals surface area contributed by atoms with Crippen LogP contribution >= 0.6 is 0 Å². The monoisotopic (exact) mass is 294 g/mol. The van der Waals surface area contributed by atoms with Crippen LogP contribution in [0.25, 0.3) is 0 Å². The highest BCUT2D eigenvalue weighted by atomic mass is 14.9. The molecule has 0 bridgehead atoms. The summed E-state index contributed by atoms with van der Waals surface area (Å²) in [6, 6.07) is 0. The summed E-state index contributed by atoms with van der Waals surface area (Å²) in [6.07, 6.45) is 20.0. The predicted molar refractivity (Wildman–Crippen MR) is 95.0 cm³/mol. The molecule has 2 N–H and O–H groups in total. The number of hydrogen-bond acceptors (Lipinski definition) is 2. The third-order valence-corrected chi connectivity index (χ3v) is 4.88. The molecule has 1 unspecified atom stereocenters. The molecule has 0 saturated heterocycles. The van der Waals surface area contributed by atoms with E-state index in [1.807, 2.05) is 0 Å². The van der Waals surface area contributed by atoms with E-state index in [-0.39, 0.29) is 5.54 Å². The van der Waals surface area contributed by atoms with Crippen molar-refractivity contribution in [3.63, 3.8) is 0 Å². The fourth-order valence-electron chi connectivity index (χ4n) is 3.44. The van der Waals surface area contributed by atoms with Gasteiger partial charge in [0.15, 0.2) is 0 Å². The largest absolute Gasteiger partial charge is 0.387 e. The molecule has 124 valence electrons. The topological polar surface area (TPSA) is 38.4 Å². The van der Waals surface area contributed by atoms with E-state index in [2.05, 4.69) is 13.8 Å². The van der Waals surface area contributed by atoms with Crippen molar-refractivity contribution in [2.75, 3.05) is 0 Å². The number of amidine groups is 1. The fraction of sp³-hybridized carbons (Fsp3) is 0.947. The first-order valence-corrected chi connectivity index (χ1v) is 9.50. The van der Waals surface area contributed by atoms with Crippen molar-refractivity contribution in [3.8, 4) is 0 Å². The van der Waals surface area contributed by atoms with Gasteiger partial charge >= 0.3 is 0 Å². The average Bonchev–Trinajstić information content (AvgIpc) is 2.62. The Hall–Kier alpha value is -0.530.